The van der Waals surface area contributed by atoms with Crippen molar-refractivity contribution < 1.29 is 9.18 Å². The molecule has 0 saturated heterocycles. The zero-order valence-electron chi connectivity index (χ0n) is 12.4. The van der Waals surface area contributed by atoms with Gasteiger partial charge in [-0.3, -0.25) is 9.97 Å². The average Bonchev–Trinajstić information content (AvgIpc) is 2.51. The zero-order valence-corrected chi connectivity index (χ0v) is 13.2. The van der Waals surface area contributed by atoms with Crippen LogP contribution < -0.4 is 11.1 Å². The predicted octanol–water partition coefficient (Wildman–Crippen LogP) is 4.23. The van der Waals surface area contributed by atoms with E-state index in [9.17, 15) is 9.18 Å². The van der Waals surface area contributed by atoms with Crippen LogP contribution in [0.4, 0.5) is 14.9 Å². The quantitative estimate of drug-likeness (QED) is 0.886. The van der Waals surface area contributed by atoms with Crippen molar-refractivity contribution in [3.63, 3.8) is 0 Å². The molecule has 0 spiro atoms. The van der Waals surface area contributed by atoms with Crippen LogP contribution >= 0.6 is 11.6 Å². The highest BCUT2D eigenvalue weighted by molar-refractivity contribution is 6.33. The molecule has 2 amide bonds. The molecule has 0 bridgehead atoms. The van der Waals surface area contributed by atoms with Crippen molar-refractivity contribution in [1.82, 2.24) is 9.97 Å². The van der Waals surface area contributed by atoms with Gasteiger partial charge in [-0.2, -0.15) is 0 Å². The van der Waals surface area contributed by atoms with Gasteiger partial charge in [0.25, 0.3) is 0 Å². The fourth-order valence-electron chi connectivity index (χ4n) is 1.41. The summed E-state index contributed by atoms with van der Waals surface area (Å²) < 4.78 is 13.7. The molecule has 0 aliphatic carbocycles. The molecule has 1 heterocycles. The number of nitrogens with two attached hydrogens (primary N) is 1. The first-order valence-electron chi connectivity index (χ1n) is 6.81. The van der Waals surface area contributed by atoms with E-state index in [2.05, 4.69) is 29.1 Å². The van der Waals surface area contributed by atoms with E-state index in [0.717, 1.165) is 6.07 Å². The largest absolute Gasteiger partial charge is 0.351 e. The number of urea groups is 1. The number of halogens is 2. The molecule has 0 fully saturated rings. The van der Waals surface area contributed by atoms with Gasteiger partial charge in [-0.05, 0) is 12.1 Å². The summed E-state index contributed by atoms with van der Waals surface area (Å²) in [4.78, 5) is 18.6. The molecule has 118 valence electrons. The smallest absolute Gasteiger partial charge is 0.316 e. The molecule has 1 aromatic carbocycles. The summed E-state index contributed by atoms with van der Waals surface area (Å²) in [6.07, 6.45) is 7.07. The van der Waals surface area contributed by atoms with Gasteiger partial charge in [-0.25, -0.2) is 9.18 Å². The van der Waals surface area contributed by atoms with Crippen molar-refractivity contribution in [3.05, 3.63) is 41.6 Å². The lowest BCUT2D eigenvalue weighted by Gasteiger charge is -2.08. The Morgan fingerprint density at radius 3 is 2.50 bits per heavy atom. The van der Waals surface area contributed by atoms with Gasteiger partial charge >= 0.3 is 6.03 Å². The van der Waals surface area contributed by atoms with Crippen molar-refractivity contribution >= 4 is 23.3 Å². The van der Waals surface area contributed by atoms with Crippen LogP contribution in [0.15, 0.2) is 30.7 Å². The van der Waals surface area contributed by atoms with Gasteiger partial charge in [0.2, 0.25) is 0 Å². The predicted molar refractivity (Wildman–Crippen MR) is 86.2 cm³/mol. The second-order valence-corrected chi connectivity index (χ2v) is 4.80. The van der Waals surface area contributed by atoms with Gasteiger partial charge in [-0.15, -0.1) is 0 Å². The summed E-state index contributed by atoms with van der Waals surface area (Å²) in [7, 11) is 0. The van der Waals surface area contributed by atoms with Crippen LogP contribution in [0.5, 0.6) is 0 Å². The number of carbonyl (C=O) groups excluding carboxylic acids is 1. The SMILES string of the molecule is CCCC.NC(=O)Nc1cc(Cl)c(-c2cnccn2)cc1F. The molecule has 2 aromatic rings. The summed E-state index contributed by atoms with van der Waals surface area (Å²) >= 11 is 5.99. The first-order chi connectivity index (χ1) is 10.5. The third-order valence-electron chi connectivity index (χ3n) is 2.65. The first-order valence-corrected chi connectivity index (χ1v) is 7.19. The number of anilines is 1. The van der Waals surface area contributed by atoms with E-state index in [0.29, 0.717) is 11.3 Å². The minimum Gasteiger partial charge on any atom is -0.351 e. The maximum absolute atomic E-state index is 13.7. The van der Waals surface area contributed by atoms with E-state index >= 15 is 0 Å². The standard InChI is InChI=1S/C11H8ClFN4O.C4H10/c12-7-4-9(17-11(14)18)8(13)3-6(7)10-5-15-1-2-16-10;1-3-4-2/h1-5H,(H3,14,17,18);3-4H2,1-2H3. The molecular formula is C15H18ClFN4O. The molecule has 3 N–H and O–H groups in total. The van der Waals surface area contributed by atoms with Gasteiger partial charge < -0.3 is 11.1 Å². The number of rotatable bonds is 3. The maximum Gasteiger partial charge on any atom is 0.316 e. The van der Waals surface area contributed by atoms with Crippen LogP contribution in [-0.4, -0.2) is 16.0 Å². The highest BCUT2D eigenvalue weighted by Crippen LogP contribution is 2.30. The minimum atomic E-state index is -0.864. The Labute approximate surface area is 133 Å². The Kier molecular flexibility index (Phi) is 7.25. The summed E-state index contributed by atoms with van der Waals surface area (Å²) in [6.45, 7) is 4.36. The van der Waals surface area contributed by atoms with Crippen molar-refractivity contribution in [2.75, 3.05) is 5.32 Å². The highest BCUT2D eigenvalue weighted by atomic mass is 35.5. The molecule has 7 heteroatoms. The summed E-state index contributed by atoms with van der Waals surface area (Å²) in [5.74, 6) is -0.654. The van der Waals surface area contributed by atoms with Gasteiger partial charge in [-0.1, -0.05) is 38.3 Å². The number of carbonyl (C=O) groups is 1. The number of benzene rings is 1. The Balaban J connectivity index is 0.000000541. The number of unbranched alkanes of at least 4 members (excludes halogenated alkanes) is 1. The molecule has 0 unspecified atom stereocenters. The second kappa shape index (κ2) is 8.94. The van der Waals surface area contributed by atoms with Crippen molar-refractivity contribution in [1.29, 1.82) is 0 Å². The molecular weight excluding hydrogens is 307 g/mol. The van der Waals surface area contributed by atoms with Crippen molar-refractivity contribution in [3.8, 4) is 11.3 Å². The van der Waals surface area contributed by atoms with E-state index in [1.54, 1.807) is 0 Å². The summed E-state index contributed by atoms with van der Waals surface area (Å²) in [6, 6.07) is 1.57. The van der Waals surface area contributed by atoms with Crippen LogP contribution in [0.25, 0.3) is 11.3 Å². The van der Waals surface area contributed by atoms with Crippen molar-refractivity contribution in [2.45, 2.75) is 26.7 Å². The average molecular weight is 325 g/mol. The van der Waals surface area contributed by atoms with Gasteiger partial charge in [0.05, 0.1) is 22.6 Å². The van der Waals surface area contributed by atoms with Crippen LogP contribution in [-0.2, 0) is 0 Å². The molecule has 0 saturated carbocycles. The minimum absolute atomic E-state index is 0.0832. The third-order valence-corrected chi connectivity index (χ3v) is 2.97. The zero-order chi connectivity index (χ0) is 16.5. The normalized spacial score (nSPS) is 9.64. The number of aromatic nitrogens is 2. The number of nitrogens with zero attached hydrogens (tertiary/aromatic N) is 2. The molecule has 22 heavy (non-hydrogen) atoms. The van der Waals surface area contributed by atoms with Crippen LogP contribution in [0.1, 0.15) is 26.7 Å². The molecule has 2 rings (SSSR count). The number of hydrogen-bond donors (Lipinski definition) is 2. The Hall–Kier alpha value is -2.21. The Morgan fingerprint density at radius 1 is 1.32 bits per heavy atom. The van der Waals surface area contributed by atoms with E-state index in [1.165, 1.54) is 37.5 Å². The maximum atomic E-state index is 13.7. The third kappa shape index (κ3) is 5.29. The van der Waals surface area contributed by atoms with Crippen LogP contribution in [0.3, 0.4) is 0 Å². The fourth-order valence-corrected chi connectivity index (χ4v) is 1.67. The molecule has 0 radical (unpaired) electrons. The molecule has 5 nitrogen and oxygen atoms in total. The van der Waals surface area contributed by atoms with Crippen LogP contribution in [0.2, 0.25) is 5.02 Å². The Bertz CT molecular complexity index is 620. The molecule has 1 aromatic heterocycles. The van der Waals surface area contributed by atoms with Crippen LogP contribution in [0, 0.1) is 5.82 Å². The number of nitrogens with one attached hydrogen (secondary N) is 1. The molecule has 0 aliphatic rings. The van der Waals surface area contributed by atoms with Crippen molar-refractivity contribution in [2.24, 2.45) is 5.73 Å². The van der Waals surface area contributed by atoms with E-state index < -0.39 is 11.8 Å². The monoisotopic (exact) mass is 324 g/mol. The number of hydrogen-bond acceptors (Lipinski definition) is 3. The lowest BCUT2D eigenvalue weighted by molar-refractivity contribution is 0.259. The fraction of sp³-hybridized carbons (Fsp3) is 0.267. The highest BCUT2D eigenvalue weighted by Gasteiger charge is 2.12. The van der Waals surface area contributed by atoms with Gasteiger partial charge in [0, 0.05) is 18.0 Å². The summed E-state index contributed by atoms with van der Waals surface area (Å²) in [5.41, 5.74) is 5.65. The summed E-state index contributed by atoms with van der Waals surface area (Å²) in [5, 5.41) is 2.37. The number of primary amides is 1. The molecule has 0 aliphatic heterocycles. The van der Waals surface area contributed by atoms with E-state index in [4.69, 9.17) is 17.3 Å². The molecule has 0 atom stereocenters. The lowest BCUT2D eigenvalue weighted by Crippen LogP contribution is -2.20. The topological polar surface area (TPSA) is 80.9 Å². The lowest BCUT2D eigenvalue weighted by atomic mass is 10.1. The second-order valence-electron chi connectivity index (χ2n) is 4.39. The van der Waals surface area contributed by atoms with Gasteiger partial charge in [0.1, 0.15) is 5.82 Å². The first kappa shape index (κ1) is 17.8. The van der Waals surface area contributed by atoms with E-state index in [-0.39, 0.29) is 10.7 Å². The number of amides is 2. The van der Waals surface area contributed by atoms with Gasteiger partial charge in [0.15, 0.2) is 0 Å². The van der Waals surface area contributed by atoms with E-state index in [1.807, 2.05) is 0 Å². The Morgan fingerprint density at radius 2 is 2.00 bits per heavy atom.